The molecule has 9 heteroatoms. The van der Waals surface area contributed by atoms with E-state index in [0.717, 1.165) is 38.8 Å². The van der Waals surface area contributed by atoms with Crippen LogP contribution in [0.15, 0.2) is 24.3 Å². The van der Waals surface area contributed by atoms with Crippen molar-refractivity contribution in [3.05, 3.63) is 29.8 Å². The molecule has 0 spiro atoms. The summed E-state index contributed by atoms with van der Waals surface area (Å²) in [6.07, 6.45) is 8.06. The predicted molar refractivity (Wildman–Crippen MR) is 119 cm³/mol. The lowest BCUT2D eigenvalue weighted by Gasteiger charge is -2.11. The minimum atomic E-state index is 0.0384. The molecule has 0 bridgehead atoms. The zero-order valence-corrected chi connectivity index (χ0v) is 17.2. The Morgan fingerprint density at radius 3 is 1.79 bits per heavy atom. The number of amidine groups is 1. The van der Waals surface area contributed by atoms with Crippen molar-refractivity contribution in [3.63, 3.8) is 0 Å². The summed E-state index contributed by atoms with van der Waals surface area (Å²) in [6, 6.07) is 7.06. The Hall–Kier alpha value is -2.97. The number of nitrogens with one attached hydrogen (secondary N) is 6. The van der Waals surface area contributed by atoms with E-state index in [9.17, 15) is 0 Å². The van der Waals surface area contributed by atoms with E-state index < -0.39 is 0 Å². The van der Waals surface area contributed by atoms with E-state index in [0.29, 0.717) is 30.4 Å². The largest absolute Gasteiger partial charge is 0.492 e. The van der Waals surface area contributed by atoms with Gasteiger partial charge in [-0.1, -0.05) is 32.1 Å². The molecule has 0 aliphatic carbocycles. The normalized spacial score (nSPS) is 10.2. The van der Waals surface area contributed by atoms with Crippen LogP contribution in [0.4, 0.5) is 0 Å². The standard InChI is InChI=1S/C20H36N8O/c21-18(22)16-8-10-17(11-9-16)29-15-14-28-20(25)27-13-7-5-3-1-2-4-6-12-26-19(23)24/h8-11H,1-7,12-15H2,(H3,21,22)(H4,23,24,26)(H3,25,27,28). The van der Waals surface area contributed by atoms with Gasteiger partial charge in [0.25, 0.3) is 0 Å². The monoisotopic (exact) mass is 404 g/mol. The predicted octanol–water partition coefficient (Wildman–Crippen LogP) is 1.68. The third kappa shape index (κ3) is 12.9. The Morgan fingerprint density at radius 1 is 0.724 bits per heavy atom. The van der Waals surface area contributed by atoms with Crippen LogP contribution >= 0.6 is 0 Å². The highest BCUT2D eigenvalue weighted by atomic mass is 16.5. The van der Waals surface area contributed by atoms with Crippen molar-refractivity contribution in [2.24, 2.45) is 11.5 Å². The van der Waals surface area contributed by atoms with Gasteiger partial charge >= 0.3 is 0 Å². The summed E-state index contributed by atoms with van der Waals surface area (Å²) in [6.45, 7) is 2.57. The fraction of sp³-hybridized carbons (Fsp3) is 0.550. The molecule has 1 aromatic carbocycles. The van der Waals surface area contributed by atoms with E-state index in [-0.39, 0.29) is 11.8 Å². The lowest BCUT2D eigenvalue weighted by molar-refractivity contribution is 0.322. The maximum absolute atomic E-state index is 7.84. The number of hydrogen-bond donors (Lipinski definition) is 8. The highest BCUT2D eigenvalue weighted by molar-refractivity contribution is 5.94. The summed E-state index contributed by atoms with van der Waals surface area (Å²) in [5.41, 5.74) is 11.3. The van der Waals surface area contributed by atoms with E-state index in [1.165, 1.54) is 19.3 Å². The van der Waals surface area contributed by atoms with Gasteiger partial charge in [0.1, 0.15) is 18.2 Å². The number of nitrogens with two attached hydrogens (primary N) is 2. The molecule has 0 aliphatic heterocycles. The molecule has 1 aromatic rings. The number of rotatable bonds is 15. The molecule has 0 radical (unpaired) electrons. The summed E-state index contributed by atoms with van der Waals surface area (Å²) >= 11 is 0. The van der Waals surface area contributed by atoms with Crippen LogP contribution in [0.3, 0.4) is 0 Å². The molecular weight excluding hydrogens is 368 g/mol. The quantitative estimate of drug-likeness (QED) is 0.126. The lowest BCUT2D eigenvalue weighted by atomic mass is 10.1. The number of benzene rings is 1. The average Bonchev–Trinajstić information content (AvgIpc) is 2.69. The first-order valence-corrected chi connectivity index (χ1v) is 10.2. The zero-order valence-electron chi connectivity index (χ0n) is 17.2. The Labute approximate surface area is 173 Å². The maximum atomic E-state index is 7.84. The second-order valence-corrected chi connectivity index (χ2v) is 6.83. The minimum absolute atomic E-state index is 0.0384. The molecule has 0 heterocycles. The topological polar surface area (TPSA) is 169 Å². The van der Waals surface area contributed by atoms with Gasteiger partial charge in [-0.3, -0.25) is 16.2 Å². The highest BCUT2D eigenvalue weighted by Gasteiger charge is 1.99. The van der Waals surface area contributed by atoms with Crippen LogP contribution in [-0.4, -0.2) is 44.0 Å². The summed E-state index contributed by atoms with van der Waals surface area (Å²) < 4.78 is 5.59. The highest BCUT2D eigenvalue weighted by Crippen LogP contribution is 2.11. The third-order valence-corrected chi connectivity index (χ3v) is 4.31. The van der Waals surface area contributed by atoms with Crippen molar-refractivity contribution < 1.29 is 4.74 Å². The number of ether oxygens (including phenoxy) is 1. The zero-order chi connectivity index (χ0) is 21.3. The third-order valence-electron chi connectivity index (χ3n) is 4.31. The van der Waals surface area contributed by atoms with Gasteiger partial charge in [-0.05, 0) is 37.1 Å². The van der Waals surface area contributed by atoms with Gasteiger partial charge < -0.3 is 32.2 Å². The smallest absolute Gasteiger partial charge is 0.188 e. The molecule has 0 fully saturated rings. The molecule has 0 saturated carbocycles. The van der Waals surface area contributed by atoms with Gasteiger partial charge in [0, 0.05) is 18.7 Å². The number of nitrogen functional groups attached to an aromatic ring is 1. The van der Waals surface area contributed by atoms with Crippen molar-refractivity contribution >= 4 is 17.8 Å². The van der Waals surface area contributed by atoms with Gasteiger partial charge in [0.05, 0.1) is 6.54 Å². The van der Waals surface area contributed by atoms with Gasteiger partial charge in [-0.2, -0.15) is 0 Å². The molecule has 162 valence electrons. The van der Waals surface area contributed by atoms with Crippen LogP contribution in [0.1, 0.15) is 50.5 Å². The Bertz CT molecular complexity index is 617. The maximum Gasteiger partial charge on any atom is 0.188 e. The SMILES string of the molecule is N=C(N)NCCCCCCCCCNC(=N)NCCOc1ccc(C(=N)N)cc1. The summed E-state index contributed by atoms with van der Waals surface area (Å²) in [5, 5.41) is 31.1. The molecule has 9 nitrogen and oxygen atoms in total. The molecule has 0 saturated heterocycles. The van der Waals surface area contributed by atoms with Gasteiger partial charge in [-0.25, -0.2) is 0 Å². The fourth-order valence-electron chi connectivity index (χ4n) is 2.71. The van der Waals surface area contributed by atoms with Crippen molar-refractivity contribution in [1.82, 2.24) is 16.0 Å². The molecule has 0 unspecified atom stereocenters. The van der Waals surface area contributed by atoms with E-state index >= 15 is 0 Å². The van der Waals surface area contributed by atoms with Crippen molar-refractivity contribution in [2.75, 3.05) is 26.2 Å². The van der Waals surface area contributed by atoms with Gasteiger partial charge in [-0.15, -0.1) is 0 Å². The number of unbranched alkanes of at least 4 members (excludes halogenated alkanes) is 6. The molecule has 0 aliphatic rings. The Morgan fingerprint density at radius 2 is 1.24 bits per heavy atom. The Balaban J connectivity index is 1.90. The van der Waals surface area contributed by atoms with Crippen molar-refractivity contribution in [2.45, 2.75) is 44.9 Å². The summed E-state index contributed by atoms with van der Waals surface area (Å²) in [5.74, 6) is 1.12. The first kappa shape index (κ1) is 24.1. The molecule has 10 N–H and O–H groups in total. The molecular formula is C20H36N8O. The van der Waals surface area contributed by atoms with Crippen LogP contribution in [0.25, 0.3) is 0 Å². The minimum Gasteiger partial charge on any atom is -0.492 e. The number of hydrogen-bond acceptors (Lipinski definition) is 4. The lowest BCUT2D eigenvalue weighted by Crippen LogP contribution is -2.38. The van der Waals surface area contributed by atoms with E-state index in [2.05, 4.69) is 16.0 Å². The van der Waals surface area contributed by atoms with Crippen LogP contribution in [0.2, 0.25) is 0 Å². The number of guanidine groups is 2. The molecule has 29 heavy (non-hydrogen) atoms. The van der Waals surface area contributed by atoms with Gasteiger partial charge in [0.15, 0.2) is 11.9 Å². The summed E-state index contributed by atoms with van der Waals surface area (Å²) in [7, 11) is 0. The van der Waals surface area contributed by atoms with Crippen LogP contribution in [-0.2, 0) is 0 Å². The first-order valence-electron chi connectivity index (χ1n) is 10.2. The van der Waals surface area contributed by atoms with Crippen LogP contribution in [0.5, 0.6) is 5.75 Å². The average molecular weight is 405 g/mol. The van der Waals surface area contributed by atoms with Gasteiger partial charge in [0.2, 0.25) is 0 Å². The van der Waals surface area contributed by atoms with E-state index in [1.54, 1.807) is 24.3 Å². The molecule has 0 amide bonds. The van der Waals surface area contributed by atoms with E-state index in [4.69, 9.17) is 32.4 Å². The summed E-state index contributed by atoms with van der Waals surface area (Å²) in [4.78, 5) is 0. The fourth-order valence-corrected chi connectivity index (χ4v) is 2.71. The van der Waals surface area contributed by atoms with E-state index in [1.807, 2.05) is 0 Å². The van der Waals surface area contributed by atoms with Crippen LogP contribution < -0.4 is 32.2 Å². The Kier molecular flexibility index (Phi) is 12.5. The second kappa shape index (κ2) is 15.0. The van der Waals surface area contributed by atoms with Crippen molar-refractivity contribution in [1.29, 1.82) is 16.2 Å². The molecule has 0 atom stereocenters. The second-order valence-electron chi connectivity index (χ2n) is 6.83. The molecule has 1 rings (SSSR count). The molecule has 0 aromatic heterocycles. The first-order chi connectivity index (χ1) is 14.0. The van der Waals surface area contributed by atoms with Crippen LogP contribution in [0, 0.1) is 16.2 Å². The van der Waals surface area contributed by atoms with Crippen molar-refractivity contribution in [3.8, 4) is 5.75 Å².